The Bertz CT molecular complexity index is 1180. The molecule has 150 valence electrons. The van der Waals surface area contributed by atoms with E-state index in [-0.39, 0.29) is 18.4 Å². The molecule has 0 aliphatic carbocycles. The SMILES string of the molecule is O=C(NCc1nc2ccccc2[nH]1)C1CN(C(=O)c2cccs2)Cc2cccnc21. The highest BCUT2D eigenvalue weighted by molar-refractivity contribution is 7.12. The number of pyridine rings is 1. The van der Waals surface area contributed by atoms with Crippen LogP contribution in [-0.2, 0) is 17.9 Å². The topological polar surface area (TPSA) is 91.0 Å². The summed E-state index contributed by atoms with van der Waals surface area (Å²) in [6.45, 7) is 1.03. The van der Waals surface area contributed by atoms with Crippen molar-refractivity contribution in [1.82, 2.24) is 25.2 Å². The summed E-state index contributed by atoms with van der Waals surface area (Å²) in [5.74, 6) is -0.0648. The molecule has 0 bridgehead atoms. The van der Waals surface area contributed by atoms with Crippen LogP contribution in [0, 0.1) is 0 Å². The van der Waals surface area contributed by atoms with E-state index in [1.807, 2.05) is 53.9 Å². The molecule has 8 heteroatoms. The Morgan fingerprint density at radius 1 is 1.17 bits per heavy atom. The van der Waals surface area contributed by atoms with Crippen LogP contribution in [0.4, 0.5) is 0 Å². The zero-order chi connectivity index (χ0) is 20.5. The van der Waals surface area contributed by atoms with Gasteiger partial charge in [0.1, 0.15) is 5.82 Å². The fourth-order valence-corrected chi connectivity index (χ4v) is 4.47. The number of imidazole rings is 1. The molecule has 1 unspecified atom stereocenters. The Hall–Kier alpha value is -3.52. The van der Waals surface area contributed by atoms with Gasteiger partial charge in [0.2, 0.25) is 5.91 Å². The number of nitrogens with one attached hydrogen (secondary N) is 2. The zero-order valence-corrected chi connectivity index (χ0v) is 16.9. The Labute approximate surface area is 176 Å². The molecule has 2 amide bonds. The first-order chi connectivity index (χ1) is 14.7. The number of aromatic amines is 1. The van der Waals surface area contributed by atoms with Crippen molar-refractivity contribution in [2.75, 3.05) is 6.54 Å². The van der Waals surface area contributed by atoms with E-state index in [0.717, 1.165) is 22.3 Å². The summed E-state index contributed by atoms with van der Waals surface area (Å²) in [5, 5.41) is 4.84. The Morgan fingerprint density at radius 3 is 2.90 bits per heavy atom. The third kappa shape index (κ3) is 3.46. The minimum Gasteiger partial charge on any atom is -0.348 e. The molecule has 1 aliphatic heterocycles. The van der Waals surface area contributed by atoms with E-state index in [1.165, 1.54) is 11.3 Å². The summed E-state index contributed by atoms with van der Waals surface area (Å²) >= 11 is 1.41. The van der Waals surface area contributed by atoms with Gasteiger partial charge in [0.15, 0.2) is 0 Å². The van der Waals surface area contributed by atoms with Crippen LogP contribution in [0.2, 0.25) is 0 Å². The van der Waals surface area contributed by atoms with Crippen LogP contribution in [0.25, 0.3) is 11.0 Å². The third-order valence-corrected chi connectivity index (χ3v) is 6.08. The quantitative estimate of drug-likeness (QED) is 0.534. The molecule has 1 atom stereocenters. The van der Waals surface area contributed by atoms with Gasteiger partial charge < -0.3 is 15.2 Å². The van der Waals surface area contributed by atoms with Crippen LogP contribution in [0.1, 0.15) is 32.7 Å². The summed E-state index contributed by atoms with van der Waals surface area (Å²) < 4.78 is 0. The molecule has 0 radical (unpaired) electrons. The molecular weight excluding hydrogens is 398 g/mol. The lowest BCUT2D eigenvalue weighted by Crippen LogP contribution is -2.44. The number of hydrogen-bond acceptors (Lipinski definition) is 5. The number of amides is 2. The predicted molar refractivity (Wildman–Crippen MR) is 114 cm³/mol. The van der Waals surface area contributed by atoms with Gasteiger partial charge in [0, 0.05) is 19.3 Å². The maximum atomic E-state index is 13.1. The number of rotatable bonds is 4. The van der Waals surface area contributed by atoms with E-state index in [9.17, 15) is 9.59 Å². The molecule has 3 aromatic heterocycles. The average molecular weight is 417 g/mol. The number of benzene rings is 1. The van der Waals surface area contributed by atoms with Crippen molar-refractivity contribution < 1.29 is 9.59 Å². The summed E-state index contributed by atoms with van der Waals surface area (Å²) in [6.07, 6.45) is 1.69. The second-order valence-corrected chi connectivity index (χ2v) is 8.13. The van der Waals surface area contributed by atoms with E-state index in [0.29, 0.717) is 23.8 Å². The van der Waals surface area contributed by atoms with E-state index in [4.69, 9.17) is 0 Å². The van der Waals surface area contributed by atoms with Crippen molar-refractivity contribution in [3.63, 3.8) is 0 Å². The number of fused-ring (bicyclic) bond motifs is 2. The molecule has 7 nitrogen and oxygen atoms in total. The van der Waals surface area contributed by atoms with Crippen LogP contribution in [0.3, 0.4) is 0 Å². The molecule has 1 aromatic carbocycles. The number of hydrogen-bond donors (Lipinski definition) is 2. The highest BCUT2D eigenvalue weighted by atomic mass is 32.1. The maximum Gasteiger partial charge on any atom is 0.264 e. The average Bonchev–Trinajstić information content (AvgIpc) is 3.46. The van der Waals surface area contributed by atoms with Gasteiger partial charge in [-0.15, -0.1) is 11.3 Å². The van der Waals surface area contributed by atoms with Gasteiger partial charge in [-0.05, 0) is 35.2 Å². The number of aromatic nitrogens is 3. The molecule has 5 rings (SSSR count). The summed E-state index contributed by atoms with van der Waals surface area (Å²) in [4.78, 5) is 40.5. The lowest BCUT2D eigenvalue weighted by atomic mass is 9.93. The number of thiophene rings is 1. The van der Waals surface area contributed by atoms with Crippen LogP contribution in [0.15, 0.2) is 60.1 Å². The minimum absolute atomic E-state index is 0.0606. The molecule has 0 fully saturated rings. The Kier molecular flexibility index (Phi) is 4.76. The third-order valence-electron chi connectivity index (χ3n) is 5.22. The lowest BCUT2D eigenvalue weighted by Gasteiger charge is -2.33. The Balaban J connectivity index is 1.36. The second kappa shape index (κ2) is 7.72. The van der Waals surface area contributed by atoms with Crippen molar-refractivity contribution >= 4 is 34.2 Å². The van der Waals surface area contributed by atoms with E-state index in [2.05, 4.69) is 20.3 Å². The first kappa shape index (κ1) is 18.5. The van der Waals surface area contributed by atoms with Crippen molar-refractivity contribution in [1.29, 1.82) is 0 Å². The zero-order valence-electron chi connectivity index (χ0n) is 16.0. The molecule has 30 heavy (non-hydrogen) atoms. The van der Waals surface area contributed by atoms with Gasteiger partial charge in [-0.1, -0.05) is 24.3 Å². The molecule has 4 heterocycles. The summed E-state index contributed by atoms with van der Waals surface area (Å²) in [6, 6.07) is 15.2. The van der Waals surface area contributed by atoms with Gasteiger partial charge in [0.05, 0.1) is 34.1 Å². The Morgan fingerprint density at radius 2 is 2.07 bits per heavy atom. The summed E-state index contributed by atoms with van der Waals surface area (Å²) in [7, 11) is 0. The second-order valence-electron chi connectivity index (χ2n) is 7.18. The molecule has 0 spiro atoms. The molecule has 1 aliphatic rings. The van der Waals surface area contributed by atoms with Crippen LogP contribution >= 0.6 is 11.3 Å². The van der Waals surface area contributed by atoms with Crippen molar-refractivity contribution in [3.05, 3.63) is 82.1 Å². The standard InChI is InChI=1S/C22H19N5O2S/c28-21(24-11-19-25-16-6-1-2-7-17(16)26-19)15-13-27(22(29)18-8-4-10-30-18)12-14-5-3-9-23-20(14)15/h1-10,15H,11-13H2,(H,24,28)(H,25,26). The largest absolute Gasteiger partial charge is 0.348 e. The van der Waals surface area contributed by atoms with Crippen LogP contribution < -0.4 is 5.32 Å². The van der Waals surface area contributed by atoms with Gasteiger partial charge in [-0.3, -0.25) is 14.6 Å². The summed E-state index contributed by atoms with van der Waals surface area (Å²) in [5.41, 5.74) is 3.42. The van der Waals surface area contributed by atoms with Gasteiger partial charge >= 0.3 is 0 Å². The van der Waals surface area contributed by atoms with Crippen LogP contribution in [-0.4, -0.2) is 38.2 Å². The van der Waals surface area contributed by atoms with Crippen molar-refractivity contribution in [2.24, 2.45) is 0 Å². The first-order valence-corrected chi connectivity index (χ1v) is 10.5. The number of para-hydroxylation sites is 2. The maximum absolute atomic E-state index is 13.1. The molecule has 0 saturated heterocycles. The van der Waals surface area contributed by atoms with Gasteiger partial charge in [0.25, 0.3) is 5.91 Å². The number of carbonyl (C=O) groups excluding carboxylic acids is 2. The number of nitrogens with zero attached hydrogens (tertiary/aromatic N) is 3. The fraction of sp³-hybridized carbons (Fsp3) is 0.182. The lowest BCUT2D eigenvalue weighted by molar-refractivity contribution is -0.123. The first-order valence-electron chi connectivity index (χ1n) is 9.67. The van der Waals surface area contributed by atoms with Crippen molar-refractivity contribution in [3.8, 4) is 0 Å². The van der Waals surface area contributed by atoms with E-state index < -0.39 is 5.92 Å². The van der Waals surface area contributed by atoms with Gasteiger partial charge in [-0.25, -0.2) is 4.98 Å². The van der Waals surface area contributed by atoms with Gasteiger partial charge in [-0.2, -0.15) is 0 Å². The molecule has 2 N–H and O–H groups in total. The monoisotopic (exact) mass is 417 g/mol. The molecule has 0 saturated carbocycles. The van der Waals surface area contributed by atoms with Crippen LogP contribution in [0.5, 0.6) is 0 Å². The highest BCUT2D eigenvalue weighted by Crippen LogP contribution is 2.28. The van der Waals surface area contributed by atoms with E-state index >= 15 is 0 Å². The molecule has 4 aromatic rings. The minimum atomic E-state index is -0.525. The van der Waals surface area contributed by atoms with Crippen molar-refractivity contribution in [2.45, 2.75) is 19.0 Å². The fourth-order valence-electron chi connectivity index (χ4n) is 3.78. The number of H-pyrrole nitrogens is 1. The molecular formula is C22H19N5O2S. The predicted octanol–water partition coefficient (Wildman–Crippen LogP) is 3.08. The van der Waals surface area contributed by atoms with E-state index in [1.54, 1.807) is 11.1 Å². The smallest absolute Gasteiger partial charge is 0.264 e. The number of carbonyl (C=O) groups is 2. The normalized spacial score (nSPS) is 15.7. The highest BCUT2D eigenvalue weighted by Gasteiger charge is 2.34.